The van der Waals surface area contributed by atoms with Gasteiger partial charge in [0.05, 0.1) is 10.6 Å². The third kappa shape index (κ3) is 4.55. The van der Waals surface area contributed by atoms with Crippen molar-refractivity contribution in [3.8, 4) is 0 Å². The van der Waals surface area contributed by atoms with E-state index in [9.17, 15) is 17.4 Å². The maximum Gasteiger partial charge on any atom is 0.335 e. The molecular weight excluding hydrogens is 326 g/mol. The first kappa shape index (κ1) is 17.1. The SMILES string of the molecule is CCS(=O)CCNS(=O)(=O)c1cc(C(=O)O)ccc1Cl. The van der Waals surface area contributed by atoms with Gasteiger partial charge in [-0.3, -0.25) is 4.21 Å². The summed E-state index contributed by atoms with van der Waals surface area (Å²) in [7, 11) is -5.02. The van der Waals surface area contributed by atoms with Crippen molar-refractivity contribution in [3.05, 3.63) is 28.8 Å². The zero-order valence-corrected chi connectivity index (χ0v) is 13.0. The molecule has 1 rings (SSSR count). The lowest BCUT2D eigenvalue weighted by Crippen LogP contribution is -2.28. The Bertz CT molecular complexity index is 630. The maximum atomic E-state index is 12.0. The average molecular weight is 340 g/mol. The summed E-state index contributed by atoms with van der Waals surface area (Å²) in [4.78, 5) is 10.5. The summed E-state index contributed by atoms with van der Waals surface area (Å²) in [5.74, 6) is -0.617. The van der Waals surface area contributed by atoms with E-state index in [1.807, 2.05) is 0 Å². The predicted octanol–water partition coefficient (Wildman–Crippen LogP) is 1.09. The van der Waals surface area contributed by atoms with Crippen LogP contribution in [0.2, 0.25) is 5.02 Å². The molecule has 6 nitrogen and oxygen atoms in total. The lowest BCUT2D eigenvalue weighted by molar-refractivity contribution is 0.0696. The van der Waals surface area contributed by atoms with Gasteiger partial charge < -0.3 is 5.11 Å². The van der Waals surface area contributed by atoms with Crippen molar-refractivity contribution in [2.45, 2.75) is 11.8 Å². The molecule has 0 aromatic heterocycles. The normalized spacial score (nSPS) is 13.1. The molecule has 0 amide bonds. The van der Waals surface area contributed by atoms with Crippen molar-refractivity contribution in [3.63, 3.8) is 0 Å². The third-order valence-corrected chi connectivity index (χ3v) is 5.66. The standard InChI is InChI=1S/C11H14ClNO5S2/c1-2-19(16)6-5-13-20(17,18)10-7-8(11(14)15)3-4-9(10)12/h3-4,7,13H,2,5-6H2,1H3,(H,14,15). The molecule has 1 unspecified atom stereocenters. The highest BCUT2D eigenvalue weighted by Crippen LogP contribution is 2.22. The number of carboxylic acids is 1. The molecule has 0 bridgehead atoms. The Morgan fingerprint density at radius 2 is 2.10 bits per heavy atom. The number of nitrogens with one attached hydrogen (secondary N) is 1. The molecule has 0 aliphatic heterocycles. The number of halogens is 1. The first-order valence-corrected chi connectivity index (χ1v) is 9.00. The molecule has 0 fully saturated rings. The van der Waals surface area contributed by atoms with Crippen molar-refractivity contribution in [1.82, 2.24) is 4.72 Å². The van der Waals surface area contributed by atoms with Crippen molar-refractivity contribution >= 4 is 38.4 Å². The van der Waals surface area contributed by atoms with Crippen LogP contribution >= 0.6 is 11.6 Å². The molecule has 0 saturated carbocycles. The number of benzene rings is 1. The lowest BCUT2D eigenvalue weighted by atomic mass is 10.2. The largest absolute Gasteiger partial charge is 0.478 e. The summed E-state index contributed by atoms with van der Waals surface area (Å²) >= 11 is 5.78. The van der Waals surface area contributed by atoms with Gasteiger partial charge in [-0.05, 0) is 18.2 Å². The van der Waals surface area contributed by atoms with E-state index in [0.29, 0.717) is 5.75 Å². The summed E-state index contributed by atoms with van der Waals surface area (Å²) in [6.07, 6.45) is 0. The zero-order valence-electron chi connectivity index (χ0n) is 10.6. The van der Waals surface area contributed by atoms with Gasteiger partial charge in [-0.2, -0.15) is 0 Å². The maximum absolute atomic E-state index is 12.0. The molecule has 9 heteroatoms. The van der Waals surface area contributed by atoms with Gasteiger partial charge >= 0.3 is 5.97 Å². The summed E-state index contributed by atoms with van der Waals surface area (Å²) in [6.45, 7) is 1.73. The smallest absolute Gasteiger partial charge is 0.335 e. The van der Waals surface area contributed by atoms with Crippen LogP contribution in [-0.4, -0.2) is 41.8 Å². The first-order chi connectivity index (χ1) is 9.27. The molecule has 20 heavy (non-hydrogen) atoms. The second-order valence-electron chi connectivity index (χ2n) is 3.78. The predicted molar refractivity (Wildman–Crippen MR) is 77.2 cm³/mol. The number of hydrogen-bond acceptors (Lipinski definition) is 4. The van der Waals surface area contributed by atoms with Crippen molar-refractivity contribution in [1.29, 1.82) is 0 Å². The summed E-state index contributed by atoms with van der Waals surface area (Å²) < 4.78 is 37.5. The van der Waals surface area contributed by atoms with Crippen LogP contribution in [0.25, 0.3) is 0 Å². The number of rotatable bonds is 7. The van der Waals surface area contributed by atoms with Crippen molar-refractivity contribution in [2.24, 2.45) is 0 Å². The van der Waals surface area contributed by atoms with Gasteiger partial charge in [0.2, 0.25) is 10.0 Å². The molecule has 112 valence electrons. The van der Waals surface area contributed by atoms with Crippen molar-refractivity contribution in [2.75, 3.05) is 18.1 Å². The summed E-state index contributed by atoms with van der Waals surface area (Å²) in [6, 6.07) is 3.42. The van der Waals surface area contributed by atoms with Crippen LogP contribution in [0.3, 0.4) is 0 Å². The van der Waals surface area contributed by atoms with Gasteiger partial charge in [0.25, 0.3) is 0 Å². The van der Waals surface area contributed by atoms with Gasteiger partial charge in [0, 0.05) is 28.9 Å². The third-order valence-electron chi connectivity index (χ3n) is 2.41. The minimum absolute atomic E-state index is 0.00356. The molecule has 1 aromatic carbocycles. The van der Waals surface area contributed by atoms with Crippen LogP contribution in [0.15, 0.2) is 23.1 Å². The van der Waals surface area contributed by atoms with Crippen LogP contribution in [0.4, 0.5) is 0 Å². The van der Waals surface area contributed by atoms with E-state index < -0.39 is 26.8 Å². The molecule has 0 heterocycles. The first-order valence-electron chi connectivity index (χ1n) is 5.65. The van der Waals surface area contributed by atoms with Crippen LogP contribution in [-0.2, 0) is 20.8 Å². The Kier molecular flexibility index (Phi) is 6.12. The minimum atomic E-state index is -3.93. The molecule has 1 aromatic rings. The second-order valence-corrected chi connectivity index (χ2v) is 7.79. The quantitative estimate of drug-likeness (QED) is 0.774. The van der Waals surface area contributed by atoms with Gasteiger partial charge in [0.15, 0.2) is 0 Å². The number of sulfonamides is 1. The second kappa shape index (κ2) is 7.16. The number of carboxylic acid groups (broad SMARTS) is 1. The lowest BCUT2D eigenvalue weighted by Gasteiger charge is -2.08. The highest BCUT2D eigenvalue weighted by molar-refractivity contribution is 7.89. The highest BCUT2D eigenvalue weighted by atomic mass is 35.5. The fraction of sp³-hybridized carbons (Fsp3) is 0.364. The number of carbonyl (C=O) groups is 1. The van der Waals surface area contributed by atoms with E-state index in [1.54, 1.807) is 6.92 Å². The summed E-state index contributed by atoms with van der Waals surface area (Å²) in [5, 5.41) is 8.78. The monoisotopic (exact) mass is 339 g/mol. The molecule has 0 spiro atoms. The zero-order chi connectivity index (χ0) is 15.3. The Balaban J connectivity index is 2.94. The molecule has 0 aliphatic carbocycles. The Morgan fingerprint density at radius 1 is 1.45 bits per heavy atom. The van der Waals surface area contributed by atoms with Crippen LogP contribution < -0.4 is 4.72 Å². The van der Waals surface area contributed by atoms with E-state index >= 15 is 0 Å². The van der Waals surface area contributed by atoms with Gasteiger partial charge in [0.1, 0.15) is 4.90 Å². The highest BCUT2D eigenvalue weighted by Gasteiger charge is 2.19. The van der Waals surface area contributed by atoms with Gasteiger partial charge in [-0.1, -0.05) is 18.5 Å². The Morgan fingerprint density at radius 3 is 2.65 bits per heavy atom. The van der Waals surface area contributed by atoms with Crippen molar-refractivity contribution < 1.29 is 22.5 Å². The van der Waals surface area contributed by atoms with Crippen LogP contribution in [0, 0.1) is 0 Å². The van der Waals surface area contributed by atoms with Gasteiger partial charge in [-0.25, -0.2) is 17.9 Å². The van der Waals surface area contributed by atoms with E-state index in [4.69, 9.17) is 16.7 Å². The molecule has 0 radical (unpaired) electrons. The summed E-state index contributed by atoms with van der Waals surface area (Å²) in [5.41, 5.74) is -0.174. The van der Waals surface area contributed by atoms with E-state index in [1.165, 1.54) is 12.1 Å². The average Bonchev–Trinajstić information content (AvgIpc) is 2.38. The molecule has 2 N–H and O–H groups in total. The molecular formula is C11H14ClNO5S2. The molecule has 0 saturated heterocycles. The van der Waals surface area contributed by atoms with Gasteiger partial charge in [-0.15, -0.1) is 0 Å². The fourth-order valence-corrected chi connectivity index (χ4v) is 3.66. The van der Waals surface area contributed by atoms with Crippen LogP contribution in [0.1, 0.15) is 17.3 Å². The Hall–Kier alpha value is -0.960. The minimum Gasteiger partial charge on any atom is -0.478 e. The topological polar surface area (TPSA) is 101 Å². The van der Waals surface area contributed by atoms with Crippen LogP contribution in [0.5, 0.6) is 0 Å². The van der Waals surface area contributed by atoms with E-state index in [2.05, 4.69) is 4.72 Å². The molecule has 0 aliphatic rings. The van der Waals surface area contributed by atoms with E-state index in [0.717, 1.165) is 6.07 Å². The molecule has 1 atom stereocenters. The Labute approximate surface area is 124 Å². The number of aromatic carboxylic acids is 1. The number of hydrogen-bond donors (Lipinski definition) is 2. The van der Waals surface area contributed by atoms with E-state index in [-0.39, 0.29) is 27.8 Å². The fourth-order valence-electron chi connectivity index (χ4n) is 1.35.